The van der Waals surface area contributed by atoms with Gasteiger partial charge in [0.05, 0.1) is 0 Å². The van der Waals surface area contributed by atoms with Crippen molar-refractivity contribution in [3.05, 3.63) is 24.3 Å². The quantitative estimate of drug-likeness (QED) is 0.402. The first-order chi connectivity index (χ1) is 4.27. The lowest BCUT2D eigenvalue weighted by atomic mass is 10.2. The van der Waals surface area contributed by atoms with Crippen LogP contribution in [0.1, 0.15) is 6.42 Å². The Bertz CT molecular complexity index is 137. The van der Waals surface area contributed by atoms with Crippen molar-refractivity contribution in [3.63, 3.8) is 0 Å². The van der Waals surface area contributed by atoms with E-state index >= 15 is 0 Å². The summed E-state index contributed by atoms with van der Waals surface area (Å²) in [7, 11) is 1.57. The molecule has 0 amide bonds. The zero-order valence-electron chi connectivity index (χ0n) is 5.23. The zero-order valence-corrected chi connectivity index (χ0v) is 5.98. The minimum Gasteiger partial charge on any atom is -0.356 e. The number of allylic oxidation sites excluding steroid dienone is 2. The van der Waals surface area contributed by atoms with Gasteiger partial charge in [-0.1, -0.05) is 17.7 Å². The first kappa shape index (κ1) is 6.84. The molecule has 0 aliphatic heterocycles. The van der Waals surface area contributed by atoms with E-state index in [0.717, 1.165) is 6.42 Å². The van der Waals surface area contributed by atoms with E-state index in [9.17, 15) is 0 Å². The Morgan fingerprint density at radius 1 is 1.78 bits per heavy atom. The smallest absolute Gasteiger partial charge is 0.179 e. The molecule has 1 unspecified atom stereocenters. The molecule has 0 aromatic rings. The average Bonchev–Trinajstić information content (AvgIpc) is 1.90. The summed E-state index contributed by atoms with van der Waals surface area (Å²) in [6.07, 6.45) is 9.24. The van der Waals surface area contributed by atoms with E-state index in [1.807, 2.05) is 12.2 Å². The molecule has 0 N–H and O–H groups in total. The monoisotopic (exact) mass is 143 g/mol. The third kappa shape index (κ3) is 1.57. The number of hydrogen-bond donors (Lipinski definition) is 0. The predicted octanol–water partition coefficient (Wildman–Crippen LogP) is 1.89. The molecule has 1 rings (SSSR count). The van der Waals surface area contributed by atoms with Gasteiger partial charge in [0.15, 0.2) is 5.06 Å². The van der Waals surface area contributed by atoms with Crippen LogP contribution in [0.3, 0.4) is 0 Å². The third-order valence-corrected chi connectivity index (χ3v) is 1.58. The van der Waals surface area contributed by atoms with Crippen molar-refractivity contribution < 1.29 is 4.74 Å². The fourth-order valence-electron chi connectivity index (χ4n) is 0.661. The molecule has 0 saturated heterocycles. The van der Waals surface area contributed by atoms with Gasteiger partial charge in [-0.2, -0.15) is 0 Å². The summed E-state index contributed by atoms with van der Waals surface area (Å²) in [5.74, 6) is 0. The van der Waals surface area contributed by atoms with E-state index in [-0.39, 0.29) is 0 Å². The van der Waals surface area contributed by atoms with E-state index < -0.39 is 5.06 Å². The molecule has 0 saturated carbocycles. The van der Waals surface area contributed by atoms with Crippen LogP contribution in [0.25, 0.3) is 0 Å². The third-order valence-electron chi connectivity index (χ3n) is 1.19. The molecule has 0 aromatic carbocycles. The Labute approximate surface area is 60.0 Å². The molecule has 0 heterocycles. The Morgan fingerprint density at radius 2 is 2.56 bits per heavy atom. The van der Waals surface area contributed by atoms with Crippen LogP contribution in [0, 0.1) is 6.08 Å². The van der Waals surface area contributed by atoms with E-state index in [1.165, 1.54) is 0 Å². The Morgan fingerprint density at radius 3 is 2.89 bits per heavy atom. The fraction of sp³-hybridized carbons (Fsp3) is 0.429. The van der Waals surface area contributed by atoms with E-state index in [0.29, 0.717) is 0 Å². The second-order valence-corrected chi connectivity index (χ2v) is 2.45. The van der Waals surface area contributed by atoms with E-state index in [4.69, 9.17) is 16.3 Å². The minimum atomic E-state index is -0.724. The van der Waals surface area contributed by atoms with Gasteiger partial charge in [-0.3, -0.25) is 0 Å². The maximum absolute atomic E-state index is 5.83. The summed E-state index contributed by atoms with van der Waals surface area (Å²) in [6.45, 7) is 0. The molecule has 1 atom stereocenters. The van der Waals surface area contributed by atoms with Gasteiger partial charge in [0.25, 0.3) is 0 Å². The molecule has 1 aliphatic carbocycles. The minimum absolute atomic E-state index is 0.724. The number of halogens is 1. The van der Waals surface area contributed by atoms with Crippen LogP contribution in [-0.4, -0.2) is 12.2 Å². The summed E-state index contributed by atoms with van der Waals surface area (Å²) in [5.41, 5.74) is 0. The lowest BCUT2D eigenvalue weighted by Crippen LogP contribution is -2.18. The molecule has 0 fully saturated rings. The molecule has 1 radical (unpaired) electrons. The predicted molar refractivity (Wildman–Crippen MR) is 37.2 cm³/mol. The molecule has 49 valence electrons. The Hall–Kier alpha value is -0.270. The van der Waals surface area contributed by atoms with Crippen LogP contribution in [0.2, 0.25) is 0 Å². The molecular weight excluding hydrogens is 136 g/mol. The van der Waals surface area contributed by atoms with Crippen LogP contribution in [0.15, 0.2) is 18.2 Å². The molecule has 1 nitrogen and oxygen atoms in total. The molecule has 9 heavy (non-hydrogen) atoms. The second-order valence-electron chi connectivity index (χ2n) is 1.86. The first-order valence-electron chi connectivity index (χ1n) is 2.76. The molecule has 1 aliphatic rings. The average molecular weight is 144 g/mol. The van der Waals surface area contributed by atoms with Gasteiger partial charge in [0.1, 0.15) is 0 Å². The van der Waals surface area contributed by atoms with Gasteiger partial charge in [0.2, 0.25) is 0 Å². The lowest BCUT2D eigenvalue weighted by Gasteiger charge is -2.18. The largest absolute Gasteiger partial charge is 0.356 e. The van der Waals surface area contributed by atoms with Crippen LogP contribution in [0.5, 0.6) is 0 Å². The number of ether oxygens (including phenoxy) is 1. The number of methoxy groups -OCH3 is 1. The molecule has 0 spiro atoms. The standard InChI is InChI=1S/C7H8ClO/c1-9-7(8)5-3-2-4-6-7/h3,5-6H,2H2,1H3. The van der Waals surface area contributed by atoms with E-state index in [1.54, 1.807) is 13.2 Å². The van der Waals surface area contributed by atoms with Gasteiger partial charge in [-0.25, -0.2) is 0 Å². The van der Waals surface area contributed by atoms with Gasteiger partial charge in [-0.05, 0) is 24.6 Å². The number of alkyl halides is 1. The molecule has 0 aromatic heterocycles. The highest BCUT2D eigenvalue weighted by molar-refractivity contribution is 6.25. The first-order valence-corrected chi connectivity index (χ1v) is 3.14. The van der Waals surface area contributed by atoms with Gasteiger partial charge < -0.3 is 4.74 Å². The van der Waals surface area contributed by atoms with Crippen LogP contribution in [-0.2, 0) is 4.74 Å². The second kappa shape index (κ2) is 2.54. The van der Waals surface area contributed by atoms with Crippen LogP contribution in [0.4, 0.5) is 0 Å². The van der Waals surface area contributed by atoms with Gasteiger partial charge in [-0.15, -0.1) is 0 Å². The normalized spacial score (nSPS) is 22.4. The Kier molecular flexibility index (Phi) is 1.94. The number of hydrogen-bond acceptors (Lipinski definition) is 1. The highest BCUT2D eigenvalue weighted by Crippen LogP contribution is 2.22. The van der Waals surface area contributed by atoms with Gasteiger partial charge >= 0.3 is 0 Å². The van der Waals surface area contributed by atoms with Crippen molar-refractivity contribution in [2.45, 2.75) is 11.5 Å². The Balaban J connectivity index is 2.67. The van der Waals surface area contributed by atoms with Crippen molar-refractivity contribution in [3.8, 4) is 0 Å². The van der Waals surface area contributed by atoms with E-state index in [2.05, 4.69) is 6.08 Å². The van der Waals surface area contributed by atoms with Crippen molar-refractivity contribution >= 4 is 11.6 Å². The van der Waals surface area contributed by atoms with Crippen molar-refractivity contribution in [1.29, 1.82) is 0 Å². The number of rotatable bonds is 1. The van der Waals surface area contributed by atoms with Crippen molar-refractivity contribution in [2.75, 3.05) is 7.11 Å². The summed E-state index contributed by atoms with van der Waals surface area (Å²) in [6, 6.07) is 0. The molecular formula is C7H8ClO. The zero-order chi connectivity index (χ0) is 6.74. The molecule has 0 bridgehead atoms. The van der Waals surface area contributed by atoms with Crippen molar-refractivity contribution in [2.24, 2.45) is 0 Å². The topological polar surface area (TPSA) is 9.23 Å². The summed E-state index contributed by atoms with van der Waals surface area (Å²) in [4.78, 5) is 0. The fourth-order valence-corrected chi connectivity index (χ4v) is 0.827. The summed E-state index contributed by atoms with van der Waals surface area (Å²) in [5, 5.41) is -0.724. The summed E-state index contributed by atoms with van der Waals surface area (Å²) >= 11 is 5.83. The SMILES string of the molecule is COC1(Cl)C=[C]CC=C1. The maximum Gasteiger partial charge on any atom is 0.179 e. The van der Waals surface area contributed by atoms with Crippen LogP contribution >= 0.6 is 11.6 Å². The molecule has 2 heteroatoms. The lowest BCUT2D eigenvalue weighted by molar-refractivity contribution is 0.142. The van der Waals surface area contributed by atoms with Crippen molar-refractivity contribution in [1.82, 2.24) is 0 Å². The highest BCUT2D eigenvalue weighted by atomic mass is 35.5. The maximum atomic E-state index is 5.83. The van der Waals surface area contributed by atoms with Crippen LogP contribution < -0.4 is 0 Å². The summed E-state index contributed by atoms with van der Waals surface area (Å²) < 4.78 is 4.94. The van der Waals surface area contributed by atoms with Gasteiger partial charge in [0, 0.05) is 7.11 Å². The highest BCUT2D eigenvalue weighted by Gasteiger charge is 2.19.